The van der Waals surface area contributed by atoms with E-state index in [1.54, 1.807) is 6.20 Å². The third-order valence-corrected chi connectivity index (χ3v) is 2.81. The molecule has 0 amide bonds. The molecule has 2 aromatic rings. The van der Waals surface area contributed by atoms with Gasteiger partial charge < -0.3 is 9.88 Å². The molecule has 0 fully saturated rings. The number of imidazole rings is 1. The normalized spacial score (nSPS) is 9.35. The SMILES string of the molecule is CCc1nccn1-c1ccccc1NC=C(C#N)C#N. The Balaban J connectivity index is 2.40. The van der Waals surface area contributed by atoms with Crippen LogP contribution in [-0.4, -0.2) is 9.55 Å². The van der Waals surface area contributed by atoms with E-state index in [0.29, 0.717) is 0 Å². The zero-order valence-electron chi connectivity index (χ0n) is 11.0. The Morgan fingerprint density at radius 2 is 2.10 bits per heavy atom. The van der Waals surface area contributed by atoms with Crippen LogP contribution in [0.3, 0.4) is 0 Å². The van der Waals surface area contributed by atoms with Crippen molar-refractivity contribution in [1.82, 2.24) is 9.55 Å². The minimum absolute atomic E-state index is 0.0288. The number of nitrogens with one attached hydrogen (secondary N) is 1. The van der Waals surface area contributed by atoms with Gasteiger partial charge in [0.05, 0.1) is 11.4 Å². The minimum Gasteiger partial charge on any atom is -0.358 e. The second kappa shape index (κ2) is 6.21. The number of anilines is 1. The lowest BCUT2D eigenvalue weighted by Crippen LogP contribution is -2.03. The highest BCUT2D eigenvalue weighted by Crippen LogP contribution is 2.21. The summed E-state index contributed by atoms with van der Waals surface area (Å²) < 4.78 is 1.98. The quantitative estimate of drug-likeness (QED) is 0.860. The first kappa shape index (κ1) is 13.4. The molecule has 5 heteroatoms. The number of hydrogen-bond donors (Lipinski definition) is 1. The zero-order valence-corrected chi connectivity index (χ0v) is 11.0. The molecule has 0 spiro atoms. The van der Waals surface area contributed by atoms with Crippen molar-refractivity contribution in [2.24, 2.45) is 0 Å². The summed E-state index contributed by atoms with van der Waals surface area (Å²) in [7, 11) is 0. The van der Waals surface area contributed by atoms with Crippen LogP contribution < -0.4 is 5.32 Å². The Bertz CT molecular complexity index is 696. The molecule has 1 heterocycles. The molecule has 1 aromatic heterocycles. The first-order valence-electron chi connectivity index (χ1n) is 6.18. The first-order chi connectivity index (χ1) is 9.80. The van der Waals surface area contributed by atoms with Crippen molar-refractivity contribution in [1.29, 1.82) is 10.5 Å². The Morgan fingerprint density at radius 1 is 1.35 bits per heavy atom. The topological polar surface area (TPSA) is 77.4 Å². The van der Waals surface area contributed by atoms with Crippen LogP contribution in [0.1, 0.15) is 12.7 Å². The predicted molar refractivity (Wildman–Crippen MR) is 75.9 cm³/mol. The molecule has 0 aliphatic carbocycles. The van der Waals surface area contributed by atoms with E-state index in [-0.39, 0.29) is 5.57 Å². The largest absolute Gasteiger partial charge is 0.358 e. The van der Waals surface area contributed by atoms with Gasteiger partial charge in [0.2, 0.25) is 0 Å². The second-order valence-electron chi connectivity index (χ2n) is 4.01. The Kier molecular flexibility index (Phi) is 4.16. The highest BCUT2D eigenvalue weighted by atomic mass is 15.1. The molecule has 0 aliphatic rings. The van der Waals surface area contributed by atoms with Crippen molar-refractivity contribution in [3.8, 4) is 17.8 Å². The maximum atomic E-state index is 8.74. The third-order valence-electron chi connectivity index (χ3n) is 2.81. The molecule has 98 valence electrons. The number of aromatic nitrogens is 2. The van der Waals surface area contributed by atoms with Crippen molar-refractivity contribution < 1.29 is 0 Å². The van der Waals surface area contributed by atoms with Crippen LogP contribution in [0.5, 0.6) is 0 Å². The molecule has 1 aromatic carbocycles. The van der Waals surface area contributed by atoms with Crippen LogP contribution in [0.4, 0.5) is 5.69 Å². The fourth-order valence-corrected chi connectivity index (χ4v) is 1.86. The Labute approximate surface area is 117 Å². The average Bonchev–Trinajstić information content (AvgIpc) is 2.97. The lowest BCUT2D eigenvalue weighted by atomic mass is 10.2. The predicted octanol–water partition coefficient (Wildman–Crippen LogP) is 2.78. The van der Waals surface area contributed by atoms with Crippen LogP contribution >= 0.6 is 0 Å². The lowest BCUT2D eigenvalue weighted by Gasteiger charge is -2.12. The Hall–Kier alpha value is -3.05. The lowest BCUT2D eigenvalue weighted by molar-refractivity contribution is 0.892. The maximum absolute atomic E-state index is 8.74. The van der Waals surface area contributed by atoms with Crippen LogP contribution in [0.2, 0.25) is 0 Å². The van der Waals surface area contributed by atoms with Crippen LogP contribution in [0, 0.1) is 22.7 Å². The van der Waals surface area contributed by atoms with Gasteiger partial charge in [-0.3, -0.25) is 0 Å². The van der Waals surface area contributed by atoms with Gasteiger partial charge in [-0.15, -0.1) is 0 Å². The van der Waals surface area contributed by atoms with Gasteiger partial charge in [0.25, 0.3) is 0 Å². The van der Waals surface area contributed by atoms with E-state index in [1.165, 1.54) is 6.20 Å². The molecule has 0 saturated heterocycles. The monoisotopic (exact) mass is 263 g/mol. The molecule has 5 nitrogen and oxygen atoms in total. The number of benzene rings is 1. The van der Waals surface area contributed by atoms with E-state index in [0.717, 1.165) is 23.6 Å². The van der Waals surface area contributed by atoms with E-state index in [9.17, 15) is 0 Å². The van der Waals surface area contributed by atoms with Crippen LogP contribution in [0.25, 0.3) is 5.69 Å². The van der Waals surface area contributed by atoms with Crippen molar-refractivity contribution in [2.45, 2.75) is 13.3 Å². The zero-order chi connectivity index (χ0) is 14.4. The van der Waals surface area contributed by atoms with Gasteiger partial charge in [0, 0.05) is 25.0 Å². The van der Waals surface area contributed by atoms with Crippen molar-refractivity contribution in [3.63, 3.8) is 0 Å². The molecule has 20 heavy (non-hydrogen) atoms. The number of hydrogen-bond acceptors (Lipinski definition) is 4. The van der Waals surface area contributed by atoms with E-state index in [1.807, 2.05) is 54.1 Å². The van der Waals surface area contributed by atoms with Crippen molar-refractivity contribution >= 4 is 5.69 Å². The maximum Gasteiger partial charge on any atom is 0.145 e. The molecule has 0 aliphatic heterocycles. The minimum atomic E-state index is 0.0288. The molecular formula is C15H13N5. The molecule has 0 bridgehead atoms. The summed E-state index contributed by atoms with van der Waals surface area (Å²) in [6.07, 6.45) is 5.86. The number of allylic oxidation sites excluding steroid dienone is 1. The molecule has 0 radical (unpaired) electrons. The fraction of sp³-hybridized carbons (Fsp3) is 0.133. The van der Waals surface area contributed by atoms with Gasteiger partial charge in [-0.2, -0.15) is 10.5 Å². The van der Waals surface area contributed by atoms with Gasteiger partial charge in [0.1, 0.15) is 23.5 Å². The second-order valence-corrected chi connectivity index (χ2v) is 4.01. The number of nitrogens with zero attached hydrogens (tertiary/aromatic N) is 4. The highest BCUT2D eigenvalue weighted by molar-refractivity contribution is 5.63. The van der Waals surface area contributed by atoms with Crippen molar-refractivity contribution in [2.75, 3.05) is 5.32 Å². The van der Waals surface area contributed by atoms with E-state index in [2.05, 4.69) is 10.3 Å². The molecule has 1 N–H and O–H groups in total. The summed E-state index contributed by atoms with van der Waals surface area (Å²) in [5.41, 5.74) is 1.76. The summed E-state index contributed by atoms with van der Waals surface area (Å²) in [5.74, 6) is 0.948. The summed E-state index contributed by atoms with van der Waals surface area (Å²) in [4.78, 5) is 4.29. The summed E-state index contributed by atoms with van der Waals surface area (Å²) in [6.45, 7) is 2.04. The van der Waals surface area contributed by atoms with Gasteiger partial charge in [-0.25, -0.2) is 4.98 Å². The van der Waals surface area contributed by atoms with Crippen LogP contribution in [0.15, 0.2) is 48.4 Å². The number of nitriles is 2. The number of rotatable bonds is 4. The van der Waals surface area contributed by atoms with Crippen LogP contribution in [-0.2, 0) is 6.42 Å². The molecule has 2 rings (SSSR count). The fourth-order valence-electron chi connectivity index (χ4n) is 1.86. The average molecular weight is 263 g/mol. The molecular weight excluding hydrogens is 250 g/mol. The van der Waals surface area contributed by atoms with E-state index in [4.69, 9.17) is 10.5 Å². The van der Waals surface area contributed by atoms with E-state index >= 15 is 0 Å². The Morgan fingerprint density at radius 3 is 2.80 bits per heavy atom. The molecule has 0 atom stereocenters. The molecule has 0 saturated carbocycles. The highest BCUT2D eigenvalue weighted by Gasteiger charge is 2.07. The van der Waals surface area contributed by atoms with Crippen molar-refractivity contribution in [3.05, 3.63) is 54.3 Å². The summed E-state index contributed by atoms with van der Waals surface area (Å²) in [5, 5.41) is 20.5. The summed E-state index contributed by atoms with van der Waals surface area (Å²) >= 11 is 0. The van der Waals surface area contributed by atoms with Gasteiger partial charge in [0.15, 0.2) is 0 Å². The first-order valence-corrected chi connectivity index (χ1v) is 6.18. The number of para-hydroxylation sites is 2. The summed E-state index contributed by atoms with van der Waals surface area (Å²) in [6, 6.07) is 11.3. The van der Waals surface area contributed by atoms with Gasteiger partial charge in [-0.1, -0.05) is 19.1 Å². The molecule has 0 unspecified atom stereocenters. The smallest absolute Gasteiger partial charge is 0.145 e. The van der Waals surface area contributed by atoms with Gasteiger partial charge >= 0.3 is 0 Å². The van der Waals surface area contributed by atoms with Gasteiger partial charge in [-0.05, 0) is 12.1 Å². The standard InChI is InChI=1S/C15H13N5/c1-2-15-18-7-8-20(15)14-6-4-3-5-13(14)19-11-12(9-16)10-17/h3-8,11,19H,2H2,1H3. The van der Waals surface area contributed by atoms with E-state index < -0.39 is 0 Å². The number of aryl methyl sites for hydroxylation is 1. The third kappa shape index (κ3) is 2.68.